The molecule has 0 aromatic heterocycles. The third-order valence-electron chi connectivity index (χ3n) is 1.44. The van der Waals surface area contributed by atoms with Crippen molar-refractivity contribution in [2.45, 2.75) is 19.8 Å². The van der Waals surface area contributed by atoms with Gasteiger partial charge in [-0.25, -0.2) is 4.79 Å². The molecule has 0 rings (SSSR count). The zero-order chi connectivity index (χ0) is 11.2. The van der Waals surface area contributed by atoms with Crippen LogP contribution in [0, 0.1) is 0 Å². The van der Waals surface area contributed by atoms with Crippen LogP contribution < -0.4 is 0 Å². The largest absolute Gasteiger partial charge is 0.463 e. The Morgan fingerprint density at radius 1 is 1.50 bits per heavy atom. The molecule has 0 aromatic carbocycles. The van der Waals surface area contributed by atoms with Crippen LogP contribution in [0.2, 0.25) is 0 Å². The quantitative estimate of drug-likeness (QED) is 0.408. The van der Waals surface area contributed by atoms with Gasteiger partial charge in [-0.15, -0.1) is 0 Å². The molecule has 0 aliphatic carbocycles. The van der Waals surface area contributed by atoms with Gasteiger partial charge < -0.3 is 4.74 Å². The van der Waals surface area contributed by atoms with Crippen LogP contribution in [0.5, 0.6) is 0 Å². The molecule has 0 atom stereocenters. The molecule has 0 aliphatic heterocycles. The lowest BCUT2D eigenvalue weighted by molar-refractivity contribution is -0.138. The number of esters is 1. The first-order valence-electron chi connectivity index (χ1n) is 4.17. The van der Waals surface area contributed by atoms with Crippen LogP contribution in [-0.2, 0) is 19.6 Å². The molecule has 82 valence electrons. The molecule has 0 amide bonds. The average Bonchev–Trinajstić information content (AvgIpc) is 2.02. The number of ether oxygens (including phenoxy) is 1. The third-order valence-corrected chi connectivity index (χ3v) is 2.25. The Morgan fingerprint density at radius 2 is 2.07 bits per heavy atom. The minimum Gasteiger partial charge on any atom is -0.463 e. The van der Waals surface area contributed by atoms with E-state index in [1.165, 1.54) is 0 Å². The summed E-state index contributed by atoms with van der Waals surface area (Å²) in [5.41, 5.74) is 0.218. The van der Waals surface area contributed by atoms with Crippen molar-refractivity contribution in [1.29, 1.82) is 0 Å². The van der Waals surface area contributed by atoms with E-state index in [4.69, 9.17) is 4.55 Å². The first kappa shape index (κ1) is 13.1. The summed E-state index contributed by atoms with van der Waals surface area (Å²) >= 11 is 0. The van der Waals surface area contributed by atoms with E-state index >= 15 is 0 Å². The highest BCUT2D eigenvalue weighted by molar-refractivity contribution is 7.85. The van der Waals surface area contributed by atoms with Crippen molar-refractivity contribution in [3.05, 3.63) is 12.2 Å². The molecule has 0 heterocycles. The van der Waals surface area contributed by atoms with E-state index in [0.717, 1.165) is 0 Å². The van der Waals surface area contributed by atoms with Crippen molar-refractivity contribution in [2.24, 2.45) is 0 Å². The second kappa shape index (κ2) is 5.77. The van der Waals surface area contributed by atoms with Gasteiger partial charge in [-0.05, 0) is 19.8 Å². The number of hydrogen-bond acceptors (Lipinski definition) is 4. The summed E-state index contributed by atoms with van der Waals surface area (Å²) in [6.45, 7) is 5.37. The molecule has 14 heavy (non-hydrogen) atoms. The predicted octanol–water partition coefficient (Wildman–Crippen LogP) is 0.774. The lowest BCUT2D eigenvalue weighted by atomic mass is 10.2. The number of rotatable bonds is 6. The van der Waals surface area contributed by atoms with Crippen LogP contribution in [0.25, 0.3) is 0 Å². The summed E-state index contributed by atoms with van der Waals surface area (Å²) in [5.74, 6) is -0.895. The van der Waals surface area contributed by atoms with Gasteiger partial charge in [0.1, 0.15) is 0 Å². The van der Waals surface area contributed by atoms with E-state index in [2.05, 4.69) is 11.3 Å². The fourth-order valence-corrected chi connectivity index (χ4v) is 1.31. The van der Waals surface area contributed by atoms with Crippen molar-refractivity contribution < 1.29 is 22.5 Å². The Balaban J connectivity index is 3.81. The second-order valence-corrected chi connectivity index (χ2v) is 4.29. The SMILES string of the molecule is C=C(CCCS(=O)(=O)O)C(=O)OCC. The second-order valence-electron chi connectivity index (χ2n) is 2.71. The average molecular weight is 222 g/mol. The molecule has 0 fully saturated rings. The van der Waals surface area contributed by atoms with Crippen LogP contribution in [0.1, 0.15) is 19.8 Å². The van der Waals surface area contributed by atoms with E-state index < -0.39 is 16.1 Å². The Hall–Kier alpha value is -0.880. The zero-order valence-corrected chi connectivity index (χ0v) is 8.84. The summed E-state index contributed by atoms with van der Waals surface area (Å²) in [6.07, 6.45) is 0.370. The van der Waals surface area contributed by atoms with E-state index in [1.54, 1.807) is 6.92 Å². The van der Waals surface area contributed by atoms with E-state index in [1.807, 2.05) is 0 Å². The smallest absolute Gasteiger partial charge is 0.333 e. The first-order valence-corrected chi connectivity index (χ1v) is 5.77. The van der Waals surface area contributed by atoms with Gasteiger partial charge in [-0.2, -0.15) is 8.42 Å². The van der Waals surface area contributed by atoms with Crippen molar-refractivity contribution >= 4 is 16.1 Å². The minimum absolute atomic E-state index is 0.163. The molecule has 0 saturated carbocycles. The molecule has 1 N–H and O–H groups in total. The summed E-state index contributed by atoms with van der Waals surface area (Å²) < 4.78 is 33.7. The van der Waals surface area contributed by atoms with Crippen molar-refractivity contribution in [3.63, 3.8) is 0 Å². The van der Waals surface area contributed by atoms with Crippen molar-refractivity contribution in [3.8, 4) is 0 Å². The molecule has 0 unspecified atom stereocenters. The molecule has 0 bridgehead atoms. The van der Waals surface area contributed by atoms with Crippen molar-refractivity contribution in [1.82, 2.24) is 0 Å². The molecule has 0 aromatic rings. The Morgan fingerprint density at radius 3 is 2.50 bits per heavy atom. The molecule has 5 nitrogen and oxygen atoms in total. The summed E-state index contributed by atoms with van der Waals surface area (Å²) in [6, 6.07) is 0. The van der Waals surface area contributed by atoms with Gasteiger partial charge in [0.2, 0.25) is 0 Å². The predicted molar refractivity (Wildman–Crippen MR) is 51.4 cm³/mol. The molecule has 0 spiro atoms. The van der Waals surface area contributed by atoms with Gasteiger partial charge in [-0.1, -0.05) is 6.58 Å². The topological polar surface area (TPSA) is 80.7 Å². The normalized spacial score (nSPS) is 11.0. The number of hydrogen-bond donors (Lipinski definition) is 1. The van der Waals surface area contributed by atoms with E-state index in [-0.39, 0.29) is 30.8 Å². The third kappa shape index (κ3) is 6.62. The Labute approximate surface area is 83.5 Å². The van der Waals surface area contributed by atoms with Gasteiger partial charge in [0.05, 0.1) is 12.4 Å². The zero-order valence-electron chi connectivity index (χ0n) is 8.02. The fourth-order valence-electron chi connectivity index (χ4n) is 0.803. The minimum atomic E-state index is -3.95. The Kier molecular flexibility index (Phi) is 5.40. The number of carbonyl (C=O) groups is 1. The lowest BCUT2D eigenvalue weighted by Gasteiger charge is -2.03. The molecular formula is C8H14O5S. The molecule has 0 radical (unpaired) electrons. The highest BCUT2D eigenvalue weighted by atomic mass is 32.2. The summed E-state index contributed by atoms with van der Waals surface area (Å²) in [5, 5.41) is 0. The van der Waals surface area contributed by atoms with Gasteiger partial charge in [0, 0.05) is 5.57 Å². The van der Waals surface area contributed by atoms with Gasteiger partial charge in [0.25, 0.3) is 10.1 Å². The van der Waals surface area contributed by atoms with Crippen molar-refractivity contribution in [2.75, 3.05) is 12.4 Å². The molecule has 6 heteroatoms. The van der Waals surface area contributed by atoms with Gasteiger partial charge >= 0.3 is 5.97 Å². The van der Waals surface area contributed by atoms with E-state index in [9.17, 15) is 13.2 Å². The maximum absolute atomic E-state index is 11.0. The van der Waals surface area contributed by atoms with Crippen LogP contribution in [0.15, 0.2) is 12.2 Å². The van der Waals surface area contributed by atoms with E-state index in [0.29, 0.717) is 0 Å². The summed E-state index contributed by atoms with van der Waals surface area (Å²) in [4.78, 5) is 11.0. The lowest BCUT2D eigenvalue weighted by Crippen LogP contribution is -2.09. The van der Waals surface area contributed by atoms with Crippen LogP contribution in [0.4, 0.5) is 0 Å². The van der Waals surface area contributed by atoms with Crippen LogP contribution >= 0.6 is 0 Å². The Bertz CT molecular complexity index is 304. The highest BCUT2D eigenvalue weighted by Crippen LogP contribution is 2.05. The van der Waals surface area contributed by atoms with Crippen LogP contribution in [0.3, 0.4) is 0 Å². The molecule has 0 saturated heterocycles. The summed E-state index contributed by atoms with van der Waals surface area (Å²) in [7, 11) is -3.95. The van der Waals surface area contributed by atoms with Gasteiger partial charge in [0.15, 0.2) is 0 Å². The maximum Gasteiger partial charge on any atom is 0.333 e. The fraction of sp³-hybridized carbons (Fsp3) is 0.625. The monoisotopic (exact) mass is 222 g/mol. The molecular weight excluding hydrogens is 208 g/mol. The first-order chi connectivity index (χ1) is 6.37. The highest BCUT2D eigenvalue weighted by Gasteiger charge is 2.09. The number of carbonyl (C=O) groups excluding carboxylic acids is 1. The van der Waals surface area contributed by atoms with Crippen LogP contribution in [-0.4, -0.2) is 31.3 Å². The molecule has 0 aliphatic rings. The standard InChI is InChI=1S/C8H14O5S/c1-3-13-8(9)7(2)5-4-6-14(10,11)12/h2-6H2,1H3,(H,10,11,12). The van der Waals surface area contributed by atoms with Gasteiger partial charge in [-0.3, -0.25) is 4.55 Å². The maximum atomic E-state index is 11.0.